The first-order chi connectivity index (χ1) is 11.8. The van der Waals surface area contributed by atoms with Crippen molar-refractivity contribution in [3.8, 4) is 0 Å². The Labute approximate surface area is 149 Å². The van der Waals surface area contributed by atoms with Gasteiger partial charge in [0.2, 0.25) is 11.8 Å². The highest BCUT2D eigenvalue weighted by atomic mass is 19.1. The second kappa shape index (κ2) is 8.79. The van der Waals surface area contributed by atoms with Gasteiger partial charge in [0.25, 0.3) is 0 Å². The molecule has 1 fully saturated rings. The number of hydrogen-bond acceptors (Lipinski definition) is 2. The Bertz CT molecular complexity index is 666. The molecule has 25 heavy (non-hydrogen) atoms. The van der Waals surface area contributed by atoms with Gasteiger partial charge in [-0.1, -0.05) is 5.57 Å². The normalized spacial score (nSPS) is 17.1. The van der Waals surface area contributed by atoms with Gasteiger partial charge >= 0.3 is 0 Å². The van der Waals surface area contributed by atoms with Crippen molar-refractivity contribution in [2.24, 2.45) is 5.92 Å². The highest BCUT2D eigenvalue weighted by Crippen LogP contribution is 2.22. The summed E-state index contributed by atoms with van der Waals surface area (Å²) in [5, 5.41) is 2.84. The van der Waals surface area contributed by atoms with Crippen LogP contribution in [0.4, 0.5) is 10.1 Å². The van der Waals surface area contributed by atoms with Gasteiger partial charge < -0.3 is 10.2 Å². The Kier molecular flexibility index (Phi) is 6.73. The predicted molar refractivity (Wildman–Crippen MR) is 97.7 cm³/mol. The van der Waals surface area contributed by atoms with Crippen molar-refractivity contribution in [1.29, 1.82) is 0 Å². The van der Waals surface area contributed by atoms with Crippen LogP contribution in [-0.2, 0) is 9.59 Å². The van der Waals surface area contributed by atoms with E-state index in [1.54, 1.807) is 19.1 Å². The van der Waals surface area contributed by atoms with E-state index in [1.807, 2.05) is 18.7 Å². The van der Waals surface area contributed by atoms with Gasteiger partial charge in [-0.25, -0.2) is 4.39 Å². The number of halogens is 1. The van der Waals surface area contributed by atoms with Crippen LogP contribution in [-0.4, -0.2) is 29.8 Å². The molecule has 1 saturated heterocycles. The number of amides is 2. The van der Waals surface area contributed by atoms with Crippen LogP contribution in [0.2, 0.25) is 0 Å². The molecule has 136 valence electrons. The molecule has 0 spiro atoms. The highest BCUT2D eigenvalue weighted by molar-refractivity contribution is 5.91. The van der Waals surface area contributed by atoms with Gasteiger partial charge in [-0.3, -0.25) is 9.59 Å². The fraction of sp³-hybridized carbons (Fsp3) is 0.500. The summed E-state index contributed by atoms with van der Waals surface area (Å²) < 4.78 is 13.1. The van der Waals surface area contributed by atoms with Crippen LogP contribution in [0.25, 0.3) is 0 Å². The summed E-state index contributed by atoms with van der Waals surface area (Å²) >= 11 is 0. The largest absolute Gasteiger partial charge is 0.339 e. The third-order valence-electron chi connectivity index (χ3n) is 4.49. The Morgan fingerprint density at radius 2 is 2.12 bits per heavy atom. The number of piperidine rings is 1. The minimum Gasteiger partial charge on any atom is -0.339 e. The number of carbonyl (C=O) groups excluding carboxylic acids is 2. The van der Waals surface area contributed by atoms with Crippen LogP contribution in [0, 0.1) is 18.7 Å². The zero-order chi connectivity index (χ0) is 18.4. The number of carbonyl (C=O) groups is 2. The fourth-order valence-electron chi connectivity index (χ4n) is 3.15. The van der Waals surface area contributed by atoms with Gasteiger partial charge in [-0.2, -0.15) is 0 Å². The number of rotatable bonds is 5. The number of benzene rings is 1. The van der Waals surface area contributed by atoms with E-state index in [2.05, 4.69) is 5.32 Å². The Morgan fingerprint density at radius 3 is 2.80 bits per heavy atom. The van der Waals surface area contributed by atoms with E-state index in [4.69, 9.17) is 0 Å². The van der Waals surface area contributed by atoms with Gasteiger partial charge in [0.1, 0.15) is 5.82 Å². The first-order valence-corrected chi connectivity index (χ1v) is 8.85. The predicted octanol–water partition coefficient (Wildman–Crippen LogP) is 4.06. The molecule has 0 unspecified atom stereocenters. The summed E-state index contributed by atoms with van der Waals surface area (Å²) in [6, 6.07) is 4.34. The highest BCUT2D eigenvalue weighted by Gasteiger charge is 2.23. The molecule has 1 heterocycles. The molecule has 4 nitrogen and oxygen atoms in total. The van der Waals surface area contributed by atoms with Crippen molar-refractivity contribution >= 4 is 17.5 Å². The lowest BCUT2D eigenvalue weighted by molar-refractivity contribution is -0.127. The Balaban J connectivity index is 1.83. The van der Waals surface area contributed by atoms with E-state index in [0.29, 0.717) is 30.1 Å². The van der Waals surface area contributed by atoms with Crippen LogP contribution in [0.1, 0.15) is 45.1 Å². The lowest BCUT2D eigenvalue weighted by Gasteiger charge is -2.32. The molecule has 0 saturated carbocycles. The van der Waals surface area contributed by atoms with Crippen LogP contribution in [0.3, 0.4) is 0 Å². The Hall–Kier alpha value is -2.17. The SMILES string of the molecule is CC(C)=CC(=O)N1CCC[C@H](CCC(=O)Nc2ccc(F)cc2C)C1. The number of anilines is 1. The first kappa shape index (κ1) is 19.2. The number of nitrogens with zero attached hydrogens (tertiary/aromatic N) is 1. The van der Waals surface area contributed by atoms with Gasteiger partial charge in [-0.05, 0) is 69.7 Å². The molecule has 2 amide bonds. The van der Waals surface area contributed by atoms with Crippen molar-refractivity contribution in [2.45, 2.75) is 46.5 Å². The molecular formula is C20H27FN2O2. The molecule has 0 bridgehead atoms. The molecule has 5 heteroatoms. The van der Waals surface area contributed by atoms with Crippen molar-refractivity contribution < 1.29 is 14.0 Å². The molecule has 0 aromatic heterocycles. The summed E-state index contributed by atoms with van der Waals surface area (Å²) in [5.41, 5.74) is 2.36. The molecule has 0 aliphatic carbocycles. The summed E-state index contributed by atoms with van der Waals surface area (Å²) in [4.78, 5) is 26.2. The second-order valence-electron chi connectivity index (χ2n) is 7.06. The van der Waals surface area contributed by atoms with E-state index in [1.165, 1.54) is 12.1 Å². The lowest BCUT2D eigenvalue weighted by Crippen LogP contribution is -2.39. The average molecular weight is 346 g/mol. The molecule has 0 radical (unpaired) electrons. The standard InChI is InChI=1S/C20H27FN2O2/c1-14(2)11-20(25)23-10-4-5-16(13-23)6-9-19(24)22-18-8-7-17(21)12-15(18)3/h7-8,11-12,16H,4-6,9-10,13H2,1-3H3,(H,22,24)/t16-/m1/s1. The maximum atomic E-state index is 13.1. The number of hydrogen-bond donors (Lipinski definition) is 1. The van der Waals surface area contributed by atoms with Crippen LogP contribution < -0.4 is 5.32 Å². The van der Waals surface area contributed by atoms with E-state index < -0.39 is 0 Å². The van der Waals surface area contributed by atoms with E-state index in [-0.39, 0.29) is 17.6 Å². The third kappa shape index (κ3) is 6.00. The van der Waals surface area contributed by atoms with Crippen molar-refractivity contribution in [3.05, 3.63) is 41.2 Å². The molecule has 1 aliphatic rings. The molecule has 1 aliphatic heterocycles. The number of likely N-dealkylation sites (tertiary alicyclic amines) is 1. The van der Waals surface area contributed by atoms with Gasteiger partial charge in [0.05, 0.1) is 0 Å². The van der Waals surface area contributed by atoms with E-state index >= 15 is 0 Å². The zero-order valence-electron chi connectivity index (χ0n) is 15.3. The second-order valence-corrected chi connectivity index (χ2v) is 7.06. The first-order valence-electron chi connectivity index (χ1n) is 8.85. The Morgan fingerprint density at radius 1 is 1.36 bits per heavy atom. The number of aryl methyl sites for hydroxylation is 1. The minimum atomic E-state index is -0.307. The van der Waals surface area contributed by atoms with Crippen molar-refractivity contribution in [1.82, 2.24) is 4.90 Å². The molecule has 1 atom stereocenters. The van der Waals surface area contributed by atoms with Crippen molar-refractivity contribution in [3.63, 3.8) is 0 Å². The minimum absolute atomic E-state index is 0.0658. The summed E-state index contributed by atoms with van der Waals surface area (Å²) in [7, 11) is 0. The molecule has 1 N–H and O–H groups in total. The zero-order valence-corrected chi connectivity index (χ0v) is 15.3. The van der Waals surface area contributed by atoms with Crippen LogP contribution in [0.5, 0.6) is 0 Å². The van der Waals surface area contributed by atoms with Gasteiger partial charge in [0, 0.05) is 31.3 Å². The average Bonchev–Trinajstić information content (AvgIpc) is 2.55. The fourth-order valence-corrected chi connectivity index (χ4v) is 3.15. The number of nitrogens with one attached hydrogen (secondary N) is 1. The van der Waals surface area contributed by atoms with E-state index in [9.17, 15) is 14.0 Å². The molecular weight excluding hydrogens is 319 g/mol. The van der Waals surface area contributed by atoms with E-state index in [0.717, 1.165) is 31.4 Å². The molecule has 2 rings (SSSR count). The lowest BCUT2D eigenvalue weighted by atomic mass is 9.93. The molecule has 1 aromatic carbocycles. The number of allylic oxidation sites excluding steroid dienone is 1. The summed E-state index contributed by atoms with van der Waals surface area (Å²) in [6.07, 6.45) is 4.86. The van der Waals surface area contributed by atoms with Crippen LogP contribution >= 0.6 is 0 Å². The van der Waals surface area contributed by atoms with Gasteiger partial charge in [0.15, 0.2) is 0 Å². The summed E-state index contributed by atoms with van der Waals surface area (Å²) in [6.45, 7) is 7.11. The van der Waals surface area contributed by atoms with Gasteiger partial charge in [-0.15, -0.1) is 0 Å². The van der Waals surface area contributed by atoms with Crippen LogP contribution in [0.15, 0.2) is 29.8 Å². The smallest absolute Gasteiger partial charge is 0.246 e. The summed E-state index contributed by atoms with van der Waals surface area (Å²) in [5.74, 6) is 0.0423. The van der Waals surface area contributed by atoms with Crippen molar-refractivity contribution in [2.75, 3.05) is 18.4 Å². The quantitative estimate of drug-likeness (QED) is 0.818. The molecule has 1 aromatic rings. The topological polar surface area (TPSA) is 49.4 Å². The monoisotopic (exact) mass is 346 g/mol. The maximum absolute atomic E-state index is 13.1. The third-order valence-corrected chi connectivity index (χ3v) is 4.49. The maximum Gasteiger partial charge on any atom is 0.246 e.